The van der Waals surface area contributed by atoms with Crippen molar-refractivity contribution in [3.63, 3.8) is 0 Å². The molecule has 0 bridgehead atoms. The summed E-state index contributed by atoms with van der Waals surface area (Å²) >= 11 is 0. The largest absolute Gasteiger partial charge is 0.463 e. The summed E-state index contributed by atoms with van der Waals surface area (Å²) in [5, 5.41) is 12.1. The highest BCUT2D eigenvalue weighted by atomic mass is 16.5. The lowest BCUT2D eigenvalue weighted by molar-refractivity contribution is 0.215. The molecule has 1 heterocycles. The summed E-state index contributed by atoms with van der Waals surface area (Å²) in [5.74, 6) is 2.22. The SMILES string of the molecule is C=CC1CCC[C@H]1COc1nc(CC)c(CCCC(=C)Cc2cccc3cccc(CC)c23)c(N(CCC)C[C@@H](C)CC#N)n1. The van der Waals surface area contributed by atoms with Gasteiger partial charge < -0.3 is 9.64 Å². The monoisotopic (exact) mass is 606 g/mol. The topological polar surface area (TPSA) is 62.0 Å². The Bertz CT molecular complexity index is 1470. The quantitative estimate of drug-likeness (QED) is 0.135. The van der Waals surface area contributed by atoms with Gasteiger partial charge >= 0.3 is 6.01 Å². The number of fused-ring (bicyclic) bond motifs is 1. The maximum Gasteiger partial charge on any atom is 0.318 e. The highest BCUT2D eigenvalue weighted by molar-refractivity contribution is 5.89. The molecule has 1 aliphatic carbocycles. The summed E-state index contributed by atoms with van der Waals surface area (Å²) in [6.45, 7) is 19.7. The van der Waals surface area contributed by atoms with Crippen molar-refractivity contribution in [2.45, 2.75) is 98.3 Å². The van der Waals surface area contributed by atoms with Gasteiger partial charge in [0.1, 0.15) is 5.82 Å². The smallest absolute Gasteiger partial charge is 0.318 e. The van der Waals surface area contributed by atoms with Crippen LogP contribution in [0.2, 0.25) is 0 Å². The Balaban J connectivity index is 1.55. The molecule has 240 valence electrons. The van der Waals surface area contributed by atoms with Crippen LogP contribution < -0.4 is 9.64 Å². The van der Waals surface area contributed by atoms with Crippen molar-refractivity contribution in [2.75, 3.05) is 24.6 Å². The van der Waals surface area contributed by atoms with E-state index in [4.69, 9.17) is 14.7 Å². The van der Waals surface area contributed by atoms with Crippen molar-refractivity contribution < 1.29 is 4.74 Å². The lowest BCUT2D eigenvalue weighted by Crippen LogP contribution is -2.32. The van der Waals surface area contributed by atoms with Crippen molar-refractivity contribution in [1.82, 2.24) is 9.97 Å². The fourth-order valence-corrected chi connectivity index (χ4v) is 7.10. The van der Waals surface area contributed by atoms with Gasteiger partial charge in [0.05, 0.1) is 18.4 Å². The van der Waals surface area contributed by atoms with Crippen LogP contribution in [-0.2, 0) is 25.7 Å². The minimum Gasteiger partial charge on any atom is -0.463 e. The van der Waals surface area contributed by atoms with Crippen LogP contribution in [0.1, 0.15) is 95.0 Å². The summed E-state index contributed by atoms with van der Waals surface area (Å²) in [4.78, 5) is 12.5. The summed E-state index contributed by atoms with van der Waals surface area (Å²) in [6, 6.07) is 16.1. The molecule has 45 heavy (non-hydrogen) atoms. The lowest BCUT2D eigenvalue weighted by atomic mass is 9.92. The third kappa shape index (κ3) is 8.97. The molecule has 0 N–H and O–H groups in total. The zero-order valence-electron chi connectivity index (χ0n) is 28.3. The average Bonchev–Trinajstić information content (AvgIpc) is 3.51. The molecular formula is C40H54N4O. The number of aryl methyl sites for hydroxylation is 2. The van der Waals surface area contributed by atoms with Crippen LogP contribution in [0.4, 0.5) is 5.82 Å². The molecule has 1 aliphatic rings. The summed E-state index contributed by atoms with van der Waals surface area (Å²) in [7, 11) is 0. The van der Waals surface area contributed by atoms with E-state index >= 15 is 0 Å². The number of aromatic nitrogens is 2. The first kappa shape index (κ1) is 34.2. The Labute approximate surface area is 272 Å². The van der Waals surface area contributed by atoms with Gasteiger partial charge in [0.2, 0.25) is 0 Å². The second-order valence-electron chi connectivity index (χ2n) is 13.0. The van der Waals surface area contributed by atoms with E-state index in [0.29, 0.717) is 30.9 Å². The van der Waals surface area contributed by atoms with Crippen molar-refractivity contribution in [3.8, 4) is 12.1 Å². The predicted molar refractivity (Wildman–Crippen MR) is 189 cm³/mol. The highest BCUT2D eigenvalue weighted by Gasteiger charge is 2.27. The molecule has 0 spiro atoms. The molecular weight excluding hydrogens is 552 g/mol. The molecule has 1 unspecified atom stereocenters. The Morgan fingerprint density at radius 3 is 2.58 bits per heavy atom. The van der Waals surface area contributed by atoms with E-state index < -0.39 is 0 Å². The fourth-order valence-electron chi connectivity index (χ4n) is 7.10. The molecule has 3 aromatic rings. The molecule has 5 heteroatoms. The summed E-state index contributed by atoms with van der Waals surface area (Å²) in [6.07, 6.45) is 12.8. The standard InChI is InChI=1S/C40H54N4O/c1-7-25-44(27-30(6)23-24-41)39-36(37(10-4)42-40(43-39)45-28-35-21-12-16-31(35)8-2)22-11-15-29(5)26-34-20-14-19-33-18-13-17-32(9-3)38(33)34/h8,13-14,17-20,30-31,35H,2,5,7,9-12,15-16,21-23,25-28H2,1,3-4,6H3/t30-,31?,35-/m0/s1. The molecule has 3 atom stereocenters. The van der Waals surface area contributed by atoms with Crippen LogP contribution in [0.15, 0.2) is 61.2 Å². The summed E-state index contributed by atoms with van der Waals surface area (Å²) in [5.41, 5.74) is 6.33. The van der Waals surface area contributed by atoms with E-state index in [-0.39, 0.29) is 5.92 Å². The highest BCUT2D eigenvalue weighted by Crippen LogP contribution is 2.34. The molecule has 4 rings (SSSR count). The van der Waals surface area contributed by atoms with Crippen LogP contribution >= 0.6 is 0 Å². The van der Waals surface area contributed by atoms with E-state index in [2.05, 4.69) is 94.3 Å². The van der Waals surface area contributed by atoms with Crippen molar-refractivity contribution in [2.24, 2.45) is 17.8 Å². The van der Waals surface area contributed by atoms with Gasteiger partial charge in [-0.15, -0.1) is 6.58 Å². The first-order chi connectivity index (χ1) is 21.9. The minimum absolute atomic E-state index is 0.249. The fraction of sp³-hybridized carbons (Fsp3) is 0.525. The van der Waals surface area contributed by atoms with E-state index in [1.54, 1.807) is 0 Å². The van der Waals surface area contributed by atoms with Crippen LogP contribution in [0, 0.1) is 29.1 Å². The number of rotatable bonds is 18. The Morgan fingerprint density at radius 2 is 1.89 bits per heavy atom. The Kier molecular flexibility index (Phi) is 13.0. The Morgan fingerprint density at radius 1 is 1.11 bits per heavy atom. The molecule has 1 fully saturated rings. The van der Waals surface area contributed by atoms with Crippen molar-refractivity contribution in [3.05, 3.63) is 83.6 Å². The third-order valence-electron chi connectivity index (χ3n) is 9.45. The maximum atomic E-state index is 9.38. The second kappa shape index (κ2) is 17.2. The third-order valence-corrected chi connectivity index (χ3v) is 9.45. The molecule has 2 aromatic carbocycles. The molecule has 0 saturated heterocycles. The average molecular weight is 607 g/mol. The van der Waals surface area contributed by atoms with Gasteiger partial charge in [0, 0.05) is 25.1 Å². The molecule has 5 nitrogen and oxygen atoms in total. The van der Waals surface area contributed by atoms with Gasteiger partial charge in [-0.2, -0.15) is 15.2 Å². The van der Waals surface area contributed by atoms with Crippen molar-refractivity contribution >= 4 is 16.6 Å². The van der Waals surface area contributed by atoms with Gasteiger partial charge in [-0.3, -0.25) is 0 Å². The number of nitrogens with zero attached hydrogens (tertiary/aromatic N) is 4. The first-order valence-electron chi connectivity index (χ1n) is 17.3. The second-order valence-corrected chi connectivity index (χ2v) is 13.0. The van der Waals surface area contributed by atoms with E-state index in [9.17, 15) is 5.26 Å². The number of benzene rings is 2. The van der Waals surface area contributed by atoms with Crippen LogP contribution in [0.5, 0.6) is 6.01 Å². The molecule has 1 saturated carbocycles. The summed E-state index contributed by atoms with van der Waals surface area (Å²) < 4.78 is 6.34. The number of anilines is 1. The van der Waals surface area contributed by atoms with Crippen LogP contribution in [-0.4, -0.2) is 29.7 Å². The Hall–Kier alpha value is -3.65. The van der Waals surface area contributed by atoms with E-state index in [1.807, 2.05) is 0 Å². The van der Waals surface area contributed by atoms with Crippen molar-refractivity contribution in [1.29, 1.82) is 5.26 Å². The molecule has 1 aromatic heterocycles. The van der Waals surface area contributed by atoms with Crippen LogP contribution in [0.25, 0.3) is 10.8 Å². The number of nitriles is 1. The van der Waals surface area contributed by atoms with Gasteiger partial charge in [0.25, 0.3) is 0 Å². The van der Waals surface area contributed by atoms with Gasteiger partial charge in [-0.1, -0.05) is 88.7 Å². The molecule has 0 aliphatic heterocycles. The maximum absolute atomic E-state index is 9.38. The first-order valence-corrected chi connectivity index (χ1v) is 17.3. The lowest BCUT2D eigenvalue weighted by Gasteiger charge is -2.29. The normalized spacial score (nSPS) is 16.8. The van der Waals surface area contributed by atoms with Crippen LogP contribution in [0.3, 0.4) is 0 Å². The zero-order valence-corrected chi connectivity index (χ0v) is 28.3. The number of hydrogen-bond donors (Lipinski definition) is 0. The number of hydrogen-bond acceptors (Lipinski definition) is 5. The zero-order chi connectivity index (χ0) is 32.2. The van der Waals surface area contributed by atoms with Gasteiger partial charge in [-0.25, -0.2) is 0 Å². The number of allylic oxidation sites excluding steroid dienone is 2. The van der Waals surface area contributed by atoms with E-state index in [1.165, 1.54) is 45.9 Å². The molecule has 0 radical (unpaired) electrons. The molecule has 0 amide bonds. The number of ether oxygens (including phenoxy) is 1. The minimum atomic E-state index is 0.249. The van der Waals surface area contributed by atoms with Gasteiger partial charge in [-0.05, 0) is 97.4 Å². The van der Waals surface area contributed by atoms with Gasteiger partial charge in [0.15, 0.2) is 0 Å². The predicted octanol–water partition coefficient (Wildman–Crippen LogP) is 9.62. The van der Waals surface area contributed by atoms with E-state index in [0.717, 1.165) is 76.0 Å².